The standard InChI is InChI=1S/C47H59N6O10PS/c1-9-30-24-47(30,64(8,58)61-27-60-43(56)29-15-11-10-12-16-29)52-41(54)38-22-33(25-53(38)42(55)40(46(4,5)6)51-45(57)63-31-17-13-14-18-31)62-39-23-36(37-26-65-44(50-37)48-28(2)3)49-35-21-32(59-7)19-20-34(35)39/h9-12,15-16,19-21,23,26,28,30-31,33,38,40H,1,13-14,17-18,22,24-25,27H2,2-8H3,(H,48,50)(H,51,57)(H,52,54)/t30-,33-,38?,40?,47+,64?/m1/s1. The van der Waals surface area contributed by atoms with Crippen LogP contribution in [0.25, 0.3) is 22.3 Å². The predicted molar refractivity (Wildman–Crippen MR) is 248 cm³/mol. The van der Waals surface area contributed by atoms with Crippen LogP contribution in [0.5, 0.6) is 11.5 Å². The van der Waals surface area contributed by atoms with Crippen LogP contribution in [0.15, 0.2) is 72.6 Å². The minimum absolute atomic E-state index is 0.0355. The Kier molecular flexibility index (Phi) is 14.3. The number of likely N-dealkylation sites (tertiary alicyclic amines) is 1. The van der Waals surface area contributed by atoms with Crippen molar-refractivity contribution in [2.45, 2.75) is 109 Å². The zero-order valence-corrected chi connectivity index (χ0v) is 39.7. The van der Waals surface area contributed by atoms with E-state index in [0.717, 1.165) is 30.8 Å². The number of amides is 3. The highest BCUT2D eigenvalue weighted by atomic mass is 32.1. The van der Waals surface area contributed by atoms with Gasteiger partial charge in [0.05, 0.1) is 30.4 Å². The number of thiazole rings is 1. The number of pyridine rings is 1. The number of carbonyl (C=O) groups excluding carboxylic acids is 4. The van der Waals surface area contributed by atoms with Crippen LogP contribution in [0.3, 0.4) is 0 Å². The summed E-state index contributed by atoms with van der Waals surface area (Å²) in [5.41, 5.74) is 1.24. The average molecular weight is 931 g/mol. The number of hydrogen-bond donors (Lipinski definition) is 3. The first-order valence-corrected chi connectivity index (χ1v) is 24.9. The molecule has 3 amide bonds. The summed E-state index contributed by atoms with van der Waals surface area (Å²) in [6, 6.07) is 13.5. The molecule has 1 saturated heterocycles. The number of carbonyl (C=O) groups is 4. The number of esters is 1. The second-order valence-corrected chi connectivity index (χ2v) is 21.9. The molecule has 6 atom stereocenters. The van der Waals surface area contributed by atoms with Gasteiger partial charge in [-0.1, -0.05) is 45.0 Å². The van der Waals surface area contributed by atoms with E-state index < -0.39 is 72.8 Å². The normalized spacial score (nSPS) is 22.2. The number of fused-ring (bicyclic) bond motifs is 1. The van der Waals surface area contributed by atoms with Gasteiger partial charge < -0.3 is 39.8 Å². The number of nitrogens with one attached hydrogen (secondary N) is 3. The van der Waals surface area contributed by atoms with E-state index >= 15 is 0 Å². The van der Waals surface area contributed by atoms with E-state index in [2.05, 4.69) is 22.5 Å². The molecule has 0 radical (unpaired) electrons. The van der Waals surface area contributed by atoms with Crippen LogP contribution in [-0.2, 0) is 28.2 Å². The molecule has 7 rings (SSSR count). The number of benzene rings is 2. The van der Waals surface area contributed by atoms with Gasteiger partial charge in [0.1, 0.15) is 46.8 Å². The molecule has 3 aliphatic rings. The van der Waals surface area contributed by atoms with Gasteiger partial charge in [-0.2, -0.15) is 0 Å². The van der Waals surface area contributed by atoms with E-state index in [1.807, 2.05) is 46.1 Å². The number of ether oxygens (including phenoxy) is 4. The summed E-state index contributed by atoms with van der Waals surface area (Å²) < 4.78 is 43.6. The Morgan fingerprint density at radius 2 is 1.77 bits per heavy atom. The monoisotopic (exact) mass is 930 g/mol. The Balaban J connectivity index is 1.18. The van der Waals surface area contributed by atoms with E-state index in [9.17, 15) is 23.7 Å². The fraction of sp³-hybridized carbons (Fsp3) is 0.489. The fourth-order valence-electron chi connectivity index (χ4n) is 8.43. The molecule has 2 aromatic heterocycles. The maximum Gasteiger partial charge on any atom is 0.408 e. The first kappa shape index (κ1) is 47.5. The van der Waals surface area contributed by atoms with Gasteiger partial charge in [0.2, 0.25) is 19.2 Å². The average Bonchev–Trinajstić information content (AvgIpc) is 3.66. The lowest BCUT2D eigenvalue weighted by Gasteiger charge is -2.36. The van der Waals surface area contributed by atoms with Gasteiger partial charge in [0.25, 0.3) is 0 Å². The van der Waals surface area contributed by atoms with E-state index in [4.69, 9.17) is 33.4 Å². The van der Waals surface area contributed by atoms with E-state index in [-0.39, 0.29) is 31.5 Å². The largest absolute Gasteiger partial charge is 0.497 e. The quantitative estimate of drug-likeness (QED) is 0.0396. The number of aromatic nitrogens is 2. The Labute approximate surface area is 383 Å². The number of anilines is 1. The topological polar surface area (TPSA) is 197 Å². The van der Waals surface area contributed by atoms with Crippen LogP contribution in [0.4, 0.5) is 9.93 Å². The molecular weight excluding hydrogens is 872 g/mol. The van der Waals surface area contributed by atoms with Crippen LogP contribution in [0, 0.1) is 11.3 Å². The highest BCUT2D eigenvalue weighted by Gasteiger charge is 2.65. The third-order valence-corrected chi connectivity index (χ3v) is 15.5. The smallest absolute Gasteiger partial charge is 0.408 e. The van der Waals surface area contributed by atoms with Gasteiger partial charge in [-0.3, -0.25) is 18.7 Å². The maximum absolute atomic E-state index is 14.9. The van der Waals surface area contributed by atoms with Crippen molar-refractivity contribution >= 4 is 58.6 Å². The van der Waals surface area contributed by atoms with Gasteiger partial charge in [-0.05, 0) is 75.6 Å². The van der Waals surface area contributed by atoms with Crippen LogP contribution in [0.2, 0.25) is 0 Å². The van der Waals surface area contributed by atoms with Crippen molar-refractivity contribution < 1.29 is 47.2 Å². The molecule has 16 nitrogen and oxygen atoms in total. The van der Waals surface area contributed by atoms with Crippen LogP contribution in [0.1, 0.15) is 83.5 Å². The molecule has 2 aliphatic carbocycles. The summed E-state index contributed by atoms with van der Waals surface area (Å²) in [6.07, 6.45) is 3.60. The molecule has 1 aliphatic heterocycles. The van der Waals surface area contributed by atoms with Gasteiger partial charge >= 0.3 is 12.1 Å². The van der Waals surface area contributed by atoms with Crippen LogP contribution < -0.4 is 25.4 Å². The molecule has 4 aromatic rings. The summed E-state index contributed by atoms with van der Waals surface area (Å²) in [5.74, 6) is -1.18. The molecule has 348 valence electrons. The molecule has 0 spiro atoms. The molecule has 2 aromatic carbocycles. The van der Waals surface area contributed by atoms with E-state index in [0.29, 0.717) is 39.4 Å². The van der Waals surface area contributed by atoms with Gasteiger partial charge in [0, 0.05) is 47.9 Å². The summed E-state index contributed by atoms with van der Waals surface area (Å²) in [7, 11) is -2.21. The number of rotatable bonds is 17. The van der Waals surface area contributed by atoms with Crippen molar-refractivity contribution in [3.05, 3.63) is 78.2 Å². The van der Waals surface area contributed by atoms with Crippen LogP contribution in [-0.4, -0.2) is 101 Å². The number of nitrogens with zero attached hydrogens (tertiary/aromatic N) is 3. The number of alkyl carbamates (subject to hydrolysis) is 1. The van der Waals surface area contributed by atoms with Gasteiger partial charge in [-0.25, -0.2) is 19.6 Å². The molecule has 2 saturated carbocycles. The second kappa shape index (κ2) is 19.5. The molecule has 3 N–H and O–H groups in total. The minimum atomic E-state index is -3.78. The van der Waals surface area contributed by atoms with Crippen molar-refractivity contribution in [2.24, 2.45) is 11.3 Å². The molecule has 3 fully saturated rings. The molecule has 3 unspecified atom stereocenters. The highest BCUT2D eigenvalue weighted by Crippen LogP contribution is 2.70. The second-order valence-electron chi connectivity index (χ2n) is 18.3. The van der Waals surface area contributed by atoms with Crippen molar-refractivity contribution in [2.75, 3.05) is 32.4 Å². The Morgan fingerprint density at radius 3 is 2.43 bits per heavy atom. The first-order chi connectivity index (χ1) is 30.9. The van der Waals surface area contributed by atoms with Crippen molar-refractivity contribution in [3.63, 3.8) is 0 Å². The van der Waals surface area contributed by atoms with Crippen molar-refractivity contribution in [1.82, 2.24) is 25.5 Å². The Morgan fingerprint density at radius 1 is 1.03 bits per heavy atom. The fourth-order valence-corrected chi connectivity index (χ4v) is 11.3. The molecular formula is C47H59N6O10PS. The first-order valence-electron chi connectivity index (χ1n) is 22.0. The lowest BCUT2D eigenvalue weighted by Crippen LogP contribution is -2.58. The van der Waals surface area contributed by atoms with Crippen LogP contribution >= 0.6 is 18.7 Å². The molecule has 18 heteroatoms. The Bertz CT molecular complexity index is 2450. The van der Waals surface area contributed by atoms with Crippen molar-refractivity contribution in [3.8, 4) is 22.9 Å². The van der Waals surface area contributed by atoms with E-state index in [1.165, 1.54) is 22.9 Å². The third kappa shape index (κ3) is 10.8. The molecule has 3 heterocycles. The lowest BCUT2D eigenvalue weighted by molar-refractivity contribution is -0.142. The lowest BCUT2D eigenvalue weighted by atomic mass is 9.85. The maximum atomic E-state index is 14.9. The Hall–Kier alpha value is -5.51. The summed E-state index contributed by atoms with van der Waals surface area (Å²) in [4.78, 5) is 66.9. The molecule has 65 heavy (non-hydrogen) atoms. The summed E-state index contributed by atoms with van der Waals surface area (Å²) in [5, 5.41) is 11.1. The highest BCUT2D eigenvalue weighted by molar-refractivity contribution is 7.60. The predicted octanol–water partition coefficient (Wildman–Crippen LogP) is 8.38. The third-order valence-electron chi connectivity index (χ3n) is 12.1. The van der Waals surface area contributed by atoms with E-state index in [1.54, 1.807) is 61.7 Å². The molecule has 0 bridgehead atoms. The summed E-state index contributed by atoms with van der Waals surface area (Å²) in [6.45, 7) is 14.2. The van der Waals surface area contributed by atoms with Gasteiger partial charge in [-0.15, -0.1) is 17.9 Å². The summed E-state index contributed by atoms with van der Waals surface area (Å²) >= 11 is 1.45. The minimum Gasteiger partial charge on any atom is -0.497 e. The SMILES string of the molecule is C=C[C@@H]1C[C@]1(NC(=O)C1C[C@@H](Oc2cc(-c3csc(NC(C)C)n3)nc3cc(OC)ccc23)CN1C(=O)C(NC(=O)OC1CCCC1)C(C)(C)C)P(C)(=O)OCOC(=O)c1ccccc1. The zero-order valence-electron chi connectivity index (χ0n) is 38.0. The van der Waals surface area contributed by atoms with Crippen molar-refractivity contribution in [1.29, 1.82) is 0 Å². The van der Waals surface area contributed by atoms with Gasteiger partial charge in [0.15, 0.2) is 11.9 Å². The number of hydrogen-bond acceptors (Lipinski definition) is 14. The number of methoxy groups -OCH3 is 1. The zero-order chi connectivity index (χ0) is 46.7.